The smallest absolute Gasteiger partial charge is 0.378 e. The van der Waals surface area contributed by atoms with Gasteiger partial charge in [-0.1, -0.05) is 6.92 Å². The van der Waals surface area contributed by atoms with Gasteiger partial charge in [-0.15, -0.1) is 0 Å². The van der Waals surface area contributed by atoms with E-state index in [-0.39, 0.29) is 11.7 Å². The summed E-state index contributed by atoms with van der Waals surface area (Å²) < 4.78 is 38.2. The number of rotatable bonds is 6. The standard InChI is InChI=1S/C16H23F3N4O2/c1-3-21-6-8-22(9-7-21)12(2)11-20-14-5-4-13(16(17,18)19)10-15(14)23(24)25/h4-5,10,12,20H,3,6-9,11H2,1-2H3. The SMILES string of the molecule is CCN1CCN(C(C)CNc2ccc(C(F)(F)F)cc2[N+](=O)[O-])CC1. The summed E-state index contributed by atoms with van der Waals surface area (Å²) in [6.07, 6.45) is -4.60. The summed E-state index contributed by atoms with van der Waals surface area (Å²) in [4.78, 5) is 14.9. The fraction of sp³-hybridized carbons (Fsp3) is 0.625. The van der Waals surface area contributed by atoms with Gasteiger partial charge in [0.25, 0.3) is 5.69 Å². The highest BCUT2D eigenvalue weighted by Gasteiger charge is 2.33. The number of nitro groups is 1. The Morgan fingerprint density at radius 1 is 1.28 bits per heavy atom. The molecule has 0 spiro atoms. The Balaban J connectivity index is 2.01. The van der Waals surface area contributed by atoms with Crippen molar-refractivity contribution < 1.29 is 18.1 Å². The zero-order valence-corrected chi connectivity index (χ0v) is 14.3. The summed E-state index contributed by atoms with van der Waals surface area (Å²) >= 11 is 0. The van der Waals surface area contributed by atoms with E-state index in [1.165, 1.54) is 0 Å². The molecule has 1 aliphatic heterocycles. The van der Waals surface area contributed by atoms with Gasteiger partial charge in [0.05, 0.1) is 10.5 Å². The monoisotopic (exact) mass is 360 g/mol. The van der Waals surface area contributed by atoms with Crippen LogP contribution < -0.4 is 5.32 Å². The summed E-state index contributed by atoms with van der Waals surface area (Å²) in [5.74, 6) is 0. The van der Waals surface area contributed by atoms with Gasteiger partial charge in [0.1, 0.15) is 5.69 Å². The highest BCUT2D eigenvalue weighted by Crippen LogP contribution is 2.34. The van der Waals surface area contributed by atoms with Crippen molar-refractivity contribution in [3.05, 3.63) is 33.9 Å². The second kappa shape index (κ2) is 8.01. The number of nitrogens with one attached hydrogen (secondary N) is 1. The van der Waals surface area contributed by atoms with Crippen molar-refractivity contribution in [3.8, 4) is 0 Å². The fourth-order valence-electron chi connectivity index (χ4n) is 2.92. The van der Waals surface area contributed by atoms with Gasteiger partial charge < -0.3 is 10.2 Å². The molecule has 6 nitrogen and oxygen atoms in total. The Labute approximate surface area is 144 Å². The molecule has 0 aliphatic carbocycles. The zero-order valence-electron chi connectivity index (χ0n) is 14.3. The van der Waals surface area contributed by atoms with E-state index >= 15 is 0 Å². The van der Waals surface area contributed by atoms with Crippen molar-refractivity contribution in [2.75, 3.05) is 44.6 Å². The van der Waals surface area contributed by atoms with Gasteiger partial charge in [-0.3, -0.25) is 15.0 Å². The number of alkyl halides is 3. The molecule has 0 bridgehead atoms. The number of benzene rings is 1. The van der Waals surface area contributed by atoms with Gasteiger partial charge in [0.15, 0.2) is 0 Å². The third-order valence-electron chi connectivity index (χ3n) is 4.59. The molecule has 1 saturated heterocycles. The Hall–Kier alpha value is -1.87. The van der Waals surface area contributed by atoms with Crippen molar-refractivity contribution in [2.45, 2.75) is 26.1 Å². The predicted molar refractivity (Wildman–Crippen MR) is 89.7 cm³/mol. The molecule has 1 aromatic rings. The number of halogens is 3. The molecule has 2 rings (SSSR count). The van der Waals surface area contributed by atoms with Crippen LogP contribution in [0.2, 0.25) is 0 Å². The Kier molecular flexibility index (Phi) is 6.23. The molecule has 1 aliphatic rings. The molecule has 25 heavy (non-hydrogen) atoms. The first-order valence-electron chi connectivity index (χ1n) is 8.28. The Morgan fingerprint density at radius 3 is 2.44 bits per heavy atom. The van der Waals surface area contributed by atoms with Gasteiger partial charge >= 0.3 is 6.18 Å². The maximum absolute atomic E-state index is 12.7. The Morgan fingerprint density at radius 2 is 1.92 bits per heavy atom. The first-order valence-corrected chi connectivity index (χ1v) is 8.28. The largest absolute Gasteiger partial charge is 0.416 e. The van der Waals surface area contributed by atoms with Crippen LogP contribution in [0.5, 0.6) is 0 Å². The molecule has 0 amide bonds. The number of nitrogens with zero attached hydrogens (tertiary/aromatic N) is 3. The average Bonchev–Trinajstić information content (AvgIpc) is 2.58. The second-order valence-corrected chi connectivity index (χ2v) is 6.19. The van der Waals surface area contributed by atoms with Crippen LogP contribution in [0.3, 0.4) is 0 Å². The van der Waals surface area contributed by atoms with E-state index in [0.29, 0.717) is 12.6 Å². The van der Waals surface area contributed by atoms with Crippen LogP contribution in [0.15, 0.2) is 18.2 Å². The van der Waals surface area contributed by atoms with Gasteiger partial charge in [-0.05, 0) is 25.6 Å². The summed E-state index contributed by atoms with van der Waals surface area (Å²) in [5, 5.41) is 14.0. The average molecular weight is 360 g/mol. The van der Waals surface area contributed by atoms with Gasteiger partial charge in [0.2, 0.25) is 0 Å². The van der Waals surface area contributed by atoms with Crippen LogP contribution in [-0.2, 0) is 6.18 Å². The van der Waals surface area contributed by atoms with Crippen molar-refractivity contribution in [3.63, 3.8) is 0 Å². The molecular weight excluding hydrogens is 337 g/mol. The molecule has 1 aromatic carbocycles. The number of hydrogen-bond acceptors (Lipinski definition) is 5. The molecule has 0 radical (unpaired) electrons. The van der Waals surface area contributed by atoms with Crippen LogP contribution in [0, 0.1) is 10.1 Å². The second-order valence-electron chi connectivity index (χ2n) is 6.19. The first-order chi connectivity index (χ1) is 11.7. The molecule has 9 heteroatoms. The molecule has 1 fully saturated rings. The van der Waals surface area contributed by atoms with Crippen LogP contribution in [-0.4, -0.2) is 60.0 Å². The summed E-state index contributed by atoms with van der Waals surface area (Å²) in [6.45, 7) is 9.32. The van der Waals surface area contributed by atoms with E-state index in [2.05, 4.69) is 22.0 Å². The number of hydrogen-bond donors (Lipinski definition) is 1. The van der Waals surface area contributed by atoms with Crippen molar-refractivity contribution >= 4 is 11.4 Å². The molecule has 0 aromatic heterocycles. The van der Waals surface area contributed by atoms with Crippen LogP contribution >= 0.6 is 0 Å². The number of anilines is 1. The molecule has 1 heterocycles. The minimum Gasteiger partial charge on any atom is -0.378 e. The van der Waals surface area contributed by atoms with Crippen LogP contribution in [0.25, 0.3) is 0 Å². The van der Waals surface area contributed by atoms with E-state index in [0.717, 1.165) is 44.9 Å². The molecule has 1 atom stereocenters. The number of likely N-dealkylation sites (N-methyl/N-ethyl adjacent to an activating group) is 1. The minimum atomic E-state index is -4.60. The lowest BCUT2D eigenvalue weighted by Crippen LogP contribution is -2.51. The van der Waals surface area contributed by atoms with Crippen molar-refractivity contribution in [1.29, 1.82) is 0 Å². The fourth-order valence-corrected chi connectivity index (χ4v) is 2.92. The Bertz CT molecular complexity index is 602. The van der Waals surface area contributed by atoms with E-state index in [1.54, 1.807) is 0 Å². The van der Waals surface area contributed by atoms with Gasteiger partial charge in [0, 0.05) is 44.8 Å². The minimum absolute atomic E-state index is 0.108. The van der Waals surface area contributed by atoms with Crippen molar-refractivity contribution in [1.82, 2.24) is 9.80 Å². The quantitative estimate of drug-likeness (QED) is 0.624. The zero-order chi connectivity index (χ0) is 18.6. The maximum atomic E-state index is 12.7. The number of piperazine rings is 1. The summed E-state index contributed by atoms with van der Waals surface area (Å²) in [7, 11) is 0. The van der Waals surface area contributed by atoms with E-state index in [1.807, 2.05) is 6.92 Å². The van der Waals surface area contributed by atoms with E-state index < -0.39 is 22.4 Å². The maximum Gasteiger partial charge on any atom is 0.416 e. The van der Waals surface area contributed by atoms with Crippen LogP contribution in [0.4, 0.5) is 24.5 Å². The third kappa shape index (κ3) is 5.05. The van der Waals surface area contributed by atoms with E-state index in [4.69, 9.17) is 0 Å². The number of nitro benzene ring substituents is 1. The first kappa shape index (κ1) is 19.5. The summed E-state index contributed by atoms with van der Waals surface area (Å²) in [6, 6.07) is 2.69. The molecule has 0 saturated carbocycles. The highest BCUT2D eigenvalue weighted by atomic mass is 19.4. The predicted octanol–water partition coefficient (Wildman–Crippen LogP) is 3.05. The lowest BCUT2D eigenvalue weighted by Gasteiger charge is -2.37. The molecular formula is C16H23F3N4O2. The third-order valence-corrected chi connectivity index (χ3v) is 4.59. The highest BCUT2D eigenvalue weighted by molar-refractivity contribution is 5.63. The molecule has 140 valence electrons. The normalized spacial score (nSPS) is 18.1. The molecule has 1 N–H and O–H groups in total. The van der Waals surface area contributed by atoms with E-state index in [9.17, 15) is 23.3 Å². The van der Waals surface area contributed by atoms with Gasteiger partial charge in [-0.2, -0.15) is 13.2 Å². The lowest BCUT2D eigenvalue weighted by atomic mass is 10.1. The topological polar surface area (TPSA) is 61.6 Å². The van der Waals surface area contributed by atoms with Gasteiger partial charge in [-0.25, -0.2) is 0 Å². The molecule has 1 unspecified atom stereocenters. The lowest BCUT2D eigenvalue weighted by molar-refractivity contribution is -0.384. The summed E-state index contributed by atoms with van der Waals surface area (Å²) in [5.41, 5.74) is -1.47. The van der Waals surface area contributed by atoms with Crippen molar-refractivity contribution in [2.24, 2.45) is 0 Å². The van der Waals surface area contributed by atoms with Crippen LogP contribution in [0.1, 0.15) is 19.4 Å².